The van der Waals surface area contributed by atoms with Crippen molar-refractivity contribution in [2.75, 3.05) is 19.0 Å². The van der Waals surface area contributed by atoms with Crippen molar-refractivity contribution in [1.29, 1.82) is 0 Å². The summed E-state index contributed by atoms with van der Waals surface area (Å²) >= 11 is 5.67. The van der Waals surface area contributed by atoms with E-state index in [2.05, 4.69) is 0 Å². The zero-order valence-corrected chi connectivity index (χ0v) is 9.16. The van der Waals surface area contributed by atoms with Gasteiger partial charge in [0.1, 0.15) is 0 Å². The lowest BCUT2D eigenvalue weighted by atomic mass is 9.94. The molecule has 0 spiro atoms. The summed E-state index contributed by atoms with van der Waals surface area (Å²) in [5.74, 6) is 0.109. The summed E-state index contributed by atoms with van der Waals surface area (Å²) in [6.45, 7) is 3.89. The molecule has 82 valence electrons. The van der Waals surface area contributed by atoms with Crippen molar-refractivity contribution in [3.63, 3.8) is 0 Å². The Balaban J connectivity index is 2.64. The largest absolute Gasteiger partial charge is 0.388 e. The summed E-state index contributed by atoms with van der Waals surface area (Å²) in [4.78, 5) is 13.3. The first-order chi connectivity index (χ1) is 6.38. The third kappa shape index (κ3) is 2.19. The molecular formula is C9H16ClNO3. The summed E-state index contributed by atoms with van der Waals surface area (Å²) < 4.78 is 0. The lowest BCUT2D eigenvalue weighted by Gasteiger charge is -2.26. The maximum atomic E-state index is 11.8. The second-order valence-electron chi connectivity index (χ2n) is 4.36. The minimum atomic E-state index is -0.829. The standard InChI is InChI=1S/C9H16ClNO3/c1-9(2,5-10)8(14)11-3-6(12)7(13)4-11/h6-7,12-13H,3-5H2,1-2H3/t6-,7+. The van der Waals surface area contributed by atoms with Crippen molar-refractivity contribution in [2.24, 2.45) is 5.41 Å². The number of β-amino-alcohol motifs (C(OH)–C–C–N with tert-alkyl or cyclic N) is 2. The number of carbonyl (C=O) groups excluding carboxylic acids is 1. The molecule has 1 aliphatic heterocycles. The van der Waals surface area contributed by atoms with E-state index in [1.807, 2.05) is 0 Å². The van der Waals surface area contributed by atoms with E-state index in [4.69, 9.17) is 11.6 Å². The van der Waals surface area contributed by atoms with Gasteiger partial charge in [0.15, 0.2) is 0 Å². The van der Waals surface area contributed by atoms with Crippen LogP contribution in [0.25, 0.3) is 0 Å². The predicted octanol–water partition coefficient (Wildman–Crippen LogP) is -0.185. The van der Waals surface area contributed by atoms with Crippen LogP contribution < -0.4 is 0 Å². The molecule has 0 saturated carbocycles. The summed E-state index contributed by atoms with van der Waals surface area (Å²) in [5, 5.41) is 18.6. The van der Waals surface area contributed by atoms with E-state index in [0.29, 0.717) is 0 Å². The molecule has 0 aliphatic carbocycles. The number of hydrogen-bond donors (Lipinski definition) is 2. The first-order valence-electron chi connectivity index (χ1n) is 4.60. The van der Waals surface area contributed by atoms with Crippen LogP contribution in [-0.2, 0) is 4.79 Å². The minimum absolute atomic E-state index is 0.122. The Hall–Kier alpha value is -0.320. The van der Waals surface area contributed by atoms with Crippen molar-refractivity contribution in [3.05, 3.63) is 0 Å². The highest BCUT2D eigenvalue weighted by Gasteiger charge is 2.38. The molecule has 2 atom stereocenters. The third-order valence-electron chi connectivity index (χ3n) is 2.46. The quantitative estimate of drug-likeness (QED) is 0.636. The summed E-state index contributed by atoms with van der Waals surface area (Å²) in [6, 6.07) is 0. The van der Waals surface area contributed by atoms with E-state index in [9.17, 15) is 15.0 Å². The van der Waals surface area contributed by atoms with Gasteiger partial charge in [-0.25, -0.2) is 0 Å². The maximum Gasteiger partial charge on any atom is 0.229 e. The molecule has 0 radical (unpaired) electrons. The van der Waals surface area contributed by atoms with Gasteiger partial charge in [-0.2, -0.15) is 0 Å². The molecule has 1 aliphatic rings. The number of likely N-dealkylation sites (tertiary alicyclic amines) is 1. The van der Waals surface area contributed by atoms with Crippen LogP contribution in [0.3, 0.4) is 0 Å². The van der Waals surface area contributed by atoms with Gasteiger partial charge in [0.05, 0.1) is 17.6 Å². The lowest BCUT2D eigenvalue weighted by molar-refractivity contribution is -0.138. The van der Waals surface area contributed by atoms with E-state index in [-0.39, 0.29) is 24.9 Å². The van der Waals surface area contributed by atoms with Gasteiger partial charge in [-0.05, 0) is 13.8 Å². The molecule has 5 heteroatoms. The molecule has 0 aromatic rings. The van der Waals surface area contributed by atoms with Gasteiger partial charge in [0.2, 0.25) is 5.91 Å². The number of alkyl halides is 1. The first-order valence-corrected chi connectivity index (χ1v) is 5.13. The zero-order chi connectivity index (χ0) is 10.9. The lowest BCUT2D eigenvalue weighted by Crippen LogP contribution is -2.41. The molecule has 1 amide bonds. The molecule has 1 fully saturated rings. The summed E-state index contributed by atoms with van der Waals surface area (Å²) in [5.41, 5.74) is -0.634. The van der Waals surface area contributed by atoms with E-state index < -0.39 is 17.6 Å². The summed E-state index contributed by atoms with van der Waals surface area (Å²) in [6.07, 6.45) is -1.66. The van der Waals surface area contributed by atoms with Crippen molar-refractivity contribution in [3.8, 4) is 0 Å². The van der Waals surface area contributed by atoms with Gasteiger partial charge in [0, 0.05) is 19.0 Å². The smallest absolute Gasteiger partial charge is 0.229 e. The number of halogens is 1. The molecule has 2 N–H and O–H groups in total. The predicted molar refractivity (Wildman–Crippen MR) is 53.1 cm³/mol. The number of amides is 1. The van der Waals surface area contributed by atoms with Gasteiger partial charge in [0.25, 0.3) is 0 Å². The van der Waals surface area contributed by atoms with E-state index >= 15 is 0 Å². The van der Waals surface area contributed by atoms with E-state index in [1.54, 1.807) is 13.8 Å². The van der Waals surface area contributed by atoms with Crippen LogP contribution in [0.2, 0.25) is 0 Å². The Morgan fingerprint density at radius 1 is 1.43 bits per heavy atom. The van der Waals surface area contributed by atoms with Gasteiger partial charge in [-0.3, -0.25) is 4.79 Å². The molecule has 1 rings (SSSR count). The van der Waals surface area contributed by atoms with Gasteiger partial charge < -0.3 is 15.1 Å². The fourth-order valence-corrected chi connectivity index (χ4v) is 1.53. The van der Waals surface area contributed by atoms with E-state index in [0.717, 1.165) is 0 Å². The highest BCUT2D eigenvalue weighted by atomic mass is 35.5. The number of rotatable bonds is 2. The normalized spacial score (nSPS) is 28.2. The average Bonchev–Trinajstić information content (AvgIpc) is 2.45. The molecule has 0 unspecified atom stereocenters. The average molecular weight is 222 g/mol. The minimum Gasteiger partial charge on any atom is -0.388 e. The SMILES string of the molecule is CC(C)(CCl)C(=O)N1C[C@@H](O)[C@@H](O)C1. The van der Waals surface area contributed by atoms with Crippen LogP contribution in [0.4, 0.5) is 0 Å². The van der Waals surface area contributed by atoms with Crippen LogP contribution in [0.15, 0.2) is 0 Å². The third-order valence-corrected chi connectivity index (χ3v) is 3.13. The second kappa shape index (κ2) is 4.04. The maximum absolute atomic E-state index is 11.8. The fraction of sp³-hybridized carbons (Fsp3) is 0.889. The van der Waals surface area contributed by atoms with Crippen LogP contribution >= 0.6 is 11.6 Å². The molecule has 0 aromatic heterocycles. The molecule has 1 heterocycles. The van der Waals surface area contributed by atoms with Crippen molar-refractivity contribution < 1.29 is 15.0 Å². The van der Waals surface area contributed by atoms with Crippen LogP contribution in [-0.4, -0.2) is 52.2 Å². The molecule has 1 saturated heterocycles. The zero-order valence-electron chi connectivity index (χ0n) is 8.40. The Labute approximate surface area is 88.5 Å². The molecule has 0 bridgehead atoms. The Kier molecular flexibility index (Phi) is 3.40. The van der Waals surface area contributed by atoms with Gasteiger partial charge in [-0.1, -0.05) is 0 Å². The Bertz CT molecular complexity index is 222. The van der Waals surface area contributed by atoms with Crippen molar-refractivity contribution in [2.45, 2.75) is 26.1 Å². The highest BCUT2D eigenvalue weighted by Crippen LogP contribution is 2.23. The molecule has 4 nitrogen and oxygen atoms in total. The van der Waals surface area contributed by atoms with Gasteiger partial charge >= 0.3 is 0 Å². The van der Waals surface area contributed by atoms with Crippen LogP contribution in [0, 0.1) is 5.41 Å². The fourth-order valence-electron chi connectivity index (χ4n) is 1.42. The Morgan fingerprint density at radius 2 is 1.86 bits per heavy atom. The van der Waals surface area contributed by atoms with E-state index in [1.165, 1.54) is 4.90 Å². The summed E-state index contributed by atoms with van der Waals surface area (Å²) in [7, 11) is 0. The van der Waals surface area contributed by atoms with Crippen LogP contribution in [0.1, 0.15) is 13.8 Å². The molecular weight excluding hydrogens is 206 g/mol. The number of hydrogen-bond acceptors (Lipinski definition) is 3. The Morgan fingerprint density at radius 3 is 2.21 bits per heavy atom. The number of carbonyl (C=O) groups is 1. The highest BCUT2D eigenvalue weighted by molar-refractivity contribution is 6.19. The topological polar surface area (TPSA) is 60.8 Å². The van der Waals surface area contributed by atoms with Gasteiger partial charge in [-0.15, -0.1) is 11.6 Å². The number of aliphatic hydroxyl groups is 2. The second-order valence-corrected chi connectivity index (χ2v) is 4.63. The molecule has 0 aromatic carbocycles. The van der Waals surface area contributed by atoms with Crippen molar-refractivity contribution in [1.82, 2.24) is 4.90 Å². The van der Waals surface area contributed by atoms with Crippen molar-refractivity contribution >= 4 is 17.5 Å². The molecule has 14 heavy (non-hydrogen) atoms. The monoisotopic (exact) mass is 221 g/mol. The first kappa shape index (κ1) is 11.8. The number of nitrogens with zero attached hydrogens (tertiary/aromatic N) is 1. The van der Waals surface area contributed by atoms with Crippen LogP contribution in [0.5, 0.6) is 0 Å². The number of aliphatic hydroxyl groups excluding tert-OH is 2.